The molecule has 0 spiro atoms. The number of carboxylic acids is 1. The first-order valence-corrected chi connectivity index (χ1v) is 16.0. The van der Waals surface area contributed by atoms with Gasteiger partial charge in [0.25, 0.3) is 0 Å². The molecule has 2 aliphatic carbocycles. The normalized spacial score (nSPS) is 17.0. The van der Waals surface area contributed by atoms with Gasteiger partial charge in [0.15, 0.2) is 0 Å². The third-order valence-corrected chi connectivity index (χ3v) is 9.92. The van der Waals surface area contributed by atoms with Crippen molar-refractivity contribution in [1.82, 2.24) is 0 Å². The number of benzene rings is 5. The van der Waals surface area contributed by atoms with E-state index in [0.29, 0.717) is 5.56 Å². The Balaban J connectivity index is 1.39. The second kappa shape index (κ2) is 10.4. The molecule has 0 atom stereocenters. The predicted molar refractivity (Wildman–Crippen MR) is 191 cm³/mol. The van der Waals surface area contributed by atoms with Crippen LogP contribution in [0.15, 0.2) is 103 Å². The smallest absolute Gasteiger partial charge is 0.335 e. The average molecular weight is 589 g/mol. The zero-order chi connectivity index (χ0) is 31.7. The number of allylic oxidation sites excluding steroid dienone is 5. The molecule has 0 aromatic heterocycles. The SMILES string of the molecule is CC(=Cc1ccc(C(=O)O)cc1C)c1c(-c2ccc3c4c(ccc3c2)C2=C(CC(C)(C)C=C2)CC4(C)C)ccc2ccccc12. The lowest BCUT2D eigenvalue weighted by atomic mass is 9.64. The van der Waals surface area contributed by atoms with Gasteiger partial charge in [0.2, 0.25) is 0 Å². The second-order valence-corrected chi connectivity index (χ2v) is 14.4. The molecular weight excluding hydrogens is 548 g/mol. The summed E-state index contributed by atoms with van der Waals surface area (Å²) in [6.07, 6.45) is 9.17. The number of aryl methyl sites for hydroxylation is 1. The standard InChI is InChI=1S/C43H40O2/c1-26-21-32(41(44)45)12-11-29(26)22-27(2)39-35-10-8-7-9-28(35)13-16-36(39)30-14-17-37-31(23-30)15-18-38-34-19-20-42(3,4)24-33(34)25-43(5,6)40(37)38/h7-23H,24-25H2,1-6H3,(H,44,45). The highest BCUT2D eigenvalue weighted by atomic mass is 16.4. The molecule has 0 aliphatic heterocycles. The number of carbonyl (C=O) groups is 1. The highest BCUT2D eigenvalue weighted by Crippen LogP contribution is 2.51. The Hall–Kier alpha value is -4.69. The molecule has 0 fully saturated rings. The minimum absolute atomic E-state index is 0.0535. The van der Waals surface area contributed by atoms with Crippen molar-refractivity contribution in [2.45, 2.75) is 59.8 Å². The van der Waals surface area contributed by atoms with Crippen LogP contribution in [0.4, 0.5) is 0 Å². The fourth-order valence-corrected chi connectivity index (χ4v) is 7.85. The summed E-state index contributed by atoms with van der Waals surface area (Å²) in [7, 11) is 0. The zero-order valence-corrected chi connectivity index (χ0v) is 27.1. The van der Waals surface area contributed by atoms with Gasteiger partial charge in [0, 0.05) is 0 Å². The summed E-state index contributed by atoms with van der Waals surface area (Å²) in [6.45, 7) is 13.6. The van der Waals surface area contributed by atoms with Crippen molar-refractivity contribution in [3.8, 4) is 11.1 Å². The largest absolute Gasteiger partial charge is 0.478 e. The molecule has 0 heterocycles. The van der Waals surface area contributed by atoms with Gasteiger partial charge in [-0.3, -0.25) is 0 Å². The summed E-state index contributed by atoms with van der Waals surface area (Å²) in [5.74, 6) is -0.904. The van der Waals surface area contributed by atoms with Crippen LogP contribution in [0.5, 0.6) is 0 Å². The van der Waals surface area contributed by atoms with Crippen molar-refractivity contribution in [2.24, 2.45) is 5.41 Å². The summed E-state index contributed by atoms with van der Waals surface area (Å²) in [6, 6.07) is 30.1. The van der Waals surface area contributed by atoms with E-state index in [1.807, 2.05) is 13.0 Å². The molecule has 0 saturated heterocycles. The number of carboxylic acid groups (broad SMARTS) is 1. The summed E-state index contributed by atoms with van der Waals surface area (Å²) in [5, 5.41) is 14.5. The van der Waals surface area contributed by atoms with Crippen LogP contribution < -0.4 is 0 Å². The van der Waals surface area contributed by atoms with Gasteiger partial charge in [0.1, 0.15) is 0 Å². The molecule has 224 valence electrons. The van der Waals surface area contributed by atoms with Gasteiger partial charge in [-0.25, -0.2) is 4.79 Å². The first kappa shape index (κ1) is 29.0. The van der Waals surface area contributed by atoms with Crippen LogP contribution >= 0.6 is 0 Å². The Morgan fingerprint density at radius 3 is 2.33 bits per heavy atom. The monoisotopic (exact) mass is 588 g/mol. The Bertz CT molecular complexity index is 2150. The van der Waals surface area contributed by atoms with Crippen LogP contribution in [0.25, 0.3) is 49.9 Å². The molecule has 0 amide bonds. The third-order valence-electron chi connectivity index (χ3n) is 9.92. The van der Waals surface area contributed by atoms with E-state index in [1.165, 1.54) is 54.9 Å². The predicted octanol–water partition coefficient (Wildman–Crippen LogP) is 11.6. The minimum atomic E-state index is -0.904. The lowest BCUT2D eigenvalue weighted by molar-refractivity contribution is 0.0696. The van der Waals surface area contributed by atoms with Crippen molar-refractivity contribution >= 4 is 44.7 Å². The lowest BCUT2D eigenvalue weighted by Gasteiger charge is -2.40. The van der Waals surface area contributed by atoms with E-state index in [2.05, 4.69) is 120 Å². The molecule has 0 unspecified atom stereocenters. The fourth-order valence-electron chi connectivity index (χ4n) is 7.85. The van der Waals surface area contributed by atoms with E-state index in [-0.39, 0.29) is 10.8 Å². The molecule has 2 nitrogen and oxygen atoms in total. The Kier molecular flexibility index (Phi) is 6.74. The van der Waals surface area contributed by atoms with Crippen molar-refractivity contribution in [2.75, 3.05) is 0 Å². The Morgan fingerprint density at radius 1 is 0.800 bits per heavy atom. The second-order valence-electron chi connectivity index (χ2n) is 14.4. The van der Waals surface area contributed by atoms with E-state index >= 15 is 0 Å². The van der Waals surface area contributed by atoms with E-state index in [0.717, 1.165) is 29.5 Å². The van der Waals surface area contributed by atoms with Gasteiger partial charge < -0.3 is 5.11 Å². The van der Waals surface area contributed by atoms with Crippen molar-refractivity contribution in [3.05, 3.63) is 136 Å². The molecule has 45 heavy (non-hydrogen) atoms. The average Bonchev–Trinajstić information content (AvgIpc) is 2.99. The molecule has 0 saturated carbocycles. The Labute approximate surface area is 266 Å². The summed E-state index contributed by atoms with van der Waals surface area (Å²) in [5.41, 5.74) is 13.2. The van der Waals surface area contributed by atoms with Gasteiger partial charge in [-0.05, 0) is 127 Å². The first-order chi connectivity index (χ1) is 21.4. The number of hydrogen-bond donors (Lipinski definition) is 1. The maximum atomic E-state index is 11.5. The number of hydrogen-bond acceptors (Lipinski definition) is 1. The van der Waals surface area contributed by atoms with Gasteiger partial charge in [-0.1, -0.05) is 118 Å². The van der Waals surface area contributed by atoms with Crippen molar-refractivity contribution in [3.63, 3.8) is 0 Å². The van der Waals surface area contributed by atoms with Crippen LogP contribution in [0.2, 0.25) is 0 Å². The van der Waals surface area contributed by atoms with E-state index in [1.54, 1.807) is 17.7 Å². The van der Waals surface area contributed by atoms with Crippen LogP contribution in [0, 0.1) is 12.3 Å². The zero-order valence-electron chi connectivity index (χ0n) is 27.1. The van der Waals surface area contributed by atoms with Crippen LogP contribution in [-0.4, -0.2) is 11.1 Å². The van der Waals surface area contributed by atoms with Crippen molar-refractivity contribution < 1.29 is 9.90 Å². The summed E-state index contributed by atoms with van der Waals surface area (Å²) >= 11 is 0. The molecule has 0 radical (unpaired) electrons. The van der Waals surface area contributed by atoms with E-state index < -0.39 is 5.97 Å². The molecule has 5 aromatic rings. The topological polar surface area (TPSA) is 37.3 Å². The fraction of sp³-hybridized carbons (Fsp3) is 0.233. The quantitative estimate of drug-likeness (QED) is 0.212. The molecule has 2 aliphatic rings. The maximum absolute atomic E-state index is 11.5. The molecule has 5 aromatic carbocycles. The molecule has 7 rings (SSSR count). The minimum Gasteiger partial charge on any atom is -0.478 e. The van der Waals surface area contributed by atoms with E-state index in [9.17, 15) is 9.90 Å². The highest BCUT2D eigenvalue weighted by molar-refractivity contribution is 6.05. The summed E-state index contributed by atoms with van der Waals surface area (Å²) < 4.78 is 0. The van der Waals surface area contributed by atoms with Crippen LogP contribution in [0.3, 0.4) is 0 Å². The molecule has 2 heteroatoms. The lowest BCUT2D eigenvalue weighted by Crippen LogP contribution is -2.27. The number of fused-ring (bicyclic) bond motifs is 5. The van der Waals surface area contributed by atoms with E-state index in [4.69, 9.17) is 0 Å². The first-order valence-electron chi connectivity index (χ1n) is 16.0. The Morgan fingerprint density at radius 2 is 1.56 bits per heavy atom. The van der Waals surface area contributed by atoms with Gasteiger partial charge >= 0.3 is 5.97 Å². The highest BCUT2D eigenvalue weighted by Gasteiger charge is 2.36. The van der Waals surface area contributed by atoms with Gasteiger partial charge in [0.05, 0.1) is 5.56 Å². The molecular formula is C43H40O2. The number of aromatic carboxylic acids is 1. The third kappa shape index (κ3) is 5.03. The molecule has 1 N–H and O–H groups in total. The van der Waals surface area contributed by atoms with Crippen molar-refractivity contribution in [1.29, 1.82) is 0 Å². The van der Waals surface area contributed by atoms with Crippen LogP contribution in [-0.2, 0) is 5.41 Å². The van der Waals surface area contributed by atoms with Gasteiger partial charge in [-0.2, -0.15) is 0 Å². The van der Waals surface area contributed by atoms with Gasteiger partial charge in [-0.15, -0.1) is 0 Å². The van der Waals surface area contributed by atoms with Crippen LogP contribution in [0.1, 0.15) is 85.6 Å². The maximum Gasteiger partial charge on any atom is 0.335 e. The molecule has 0 bridgehead atoms. The summed E-state index contributed by atoms with van der Waals surface area (Å²) in [4.78, 5) is 11.5. The number of rotatable bonds is 4.